The smallest absolute Gasteiger partial charge is 0.150 e. The number of likely N-dealkylation sites (N-methyl/N-ethyl adjacent to an activating group) is 1. The lowest BCUT2D eigenvalue weighted by Gasteiger charge is -2.25. The molecule has 20 heavy (non-hydrogen) atoms. The second-order valence-corrected chi connectivity index (χ2v) is 4.47. The minimum atomic E-state index is -0.341. The lowest BCUT2D eigenvalue weighted by atomic mass is 10.1. The van der Waals surface area contributed by atoms with E-state index in [1.54, 1.807) is 12.3 Å². The van der Waals surface area contributed by atoms with Crippen LogP contribution in [0.4, 0.5) is 15.8 Å². The third kappa shape index (κ3) is 2.82. The summed E-state index contributed by atoms with van der Waals surface area (Å²) in [6.07, 6.45) is 1.65. The van der Waals surface area contributed by atoms with Gasteiger partial charge in [0.25, 0.3) is 0 Å². The Labute approximate surface area is 118 Å². The molecule has 0 aliphatic carbocycles. The quantitative estimate of drug-likeness (QED) is 0.651. The van der Waals surface area contributed by atoms with E-state index in [0.29, 0.717) is 43.2 Å². The topological polar surface area (TPSA) is 51.4 Å². The summed E-state index contributed by atoms with van der Waals surface area (Å²) in [6.45, 7) is 6.44. The van der Waals surface area contributed by atoms with Crippen molar-refractivity contribution in [3.8, 4) is 0 Å². The number of hydrogen-bond acceptors (Lipinski definition) is 4. The van der Waals surface area contributed by atoms with Crippen LogP contribution in [-0.2, 0) is 4.74 Å². The van der Waals surface area contributed by atoms with Crippen molar-refractivity contribution < 1.29 is 9.13 Å². The Morgan fingerprint density at radius 1 is 1.40 bits per heavy atom. The van der Waals surface area contributed by atoms with Gasteiger partial charge in [-0.15, -0.1) is 0 Å². The number of nitrogen functional groups attached to an aromatic ring is 1. The van der Waals surface area contributed by atoms with Gasteiger partial charge in [-0.2, -0.15) is 0 Å². The fourth-order valence-electron chi connectivity index (χ4n) is 2.27. The van der Waals surface area contributed by atoms with Crippen molar-refractivity contribution in [3.05, 3.63) is 30.2 Å². The average molecular weight is 277 g/mol. The number of benzene rings is 1. The Morgan fingerprint density at radius 2 is 2.20 bits per heavy atom. The molecule has 0 saturated heterocycles. The molecule has 0 radical (unpaired) electrons. The molecule has 0 atom stereocenters. The molecule has 5 heteroatoms. The molecular formula is C15H20FN3O. The summed E-state index contributed by atoms with van der Waals surface area (Å²) >= 11 is 0. The lowest BCUT2D eigenvalue weighted by molar-refractivity contribution is 0.154. The summed E-state index contributed by atoms with van der Waals surface area (Å²) in [4.78, 5) is 6.23. The molecule has 2 aromatic rings. The molecule has 4 nitrogen and oxygen atoms in total. The van der Waals surface area contributed by atoms with Crippen molar-refractivity contribution in [1.29, 1.82) is 0 Å². The van der Waals surface area contributed by atoms with Gasteiger partial charge in [0.2, 0.25) is 0 Å². The Kier molecular flexibility index (Phi) is 4.74. The molecule has 0 bridgehead atoms. The standard InChI is InChI=1S/C15H20FN3O/c1-3-19(8-9-20-4-2)15-12(16)10-13(17)11-6-5-7-18-14(11)15/h5-7,10H,3-4,8-9,17H2,1-2H3. The number of nitrogens with two attached hydrogens (primary N) is 1. The third-order valence-electron chi connectivity index (χ3n) is 3.26. The third-order valence-corrected chi connectivity index (χ3v) is 3.26. The van der Waals surface area contributed by atoms with Gasteiger partial charge >= 0.3 is 0 Å². The van der Waals surface area contributed by atoms with E-state index in [1.807, 2.05) is 24.8 Å². The molecule has 0 unspecified atom stereocenters. The zero-order valence-electron chi connectivity index (χ0n) is 11.9. The zero-order chi connectivity index (χ0) is 14.5. The van der Waals surface area contributed by atoms with E-state index >= 15 is 0 Å². The van der Waals surface area contributed by atoms with E-state index in [9.17, 15) is 4.39 Å². The minimum Gasteiger partial charge on any atom is -0.398 e. The predicted molar refractivity (Wildman–Crippen MR) is 80.5 cm³/mol. The predicted octanol–water partition coefficient (Wildman–Crippen LogP) is 2.82. The number of pyridine rings is 1. The van der Waals surface area contributed by atoms with Gasteiger partial charge in [-0.25, -0.2) is 4.39 Å². The first-order valence-corrected chi connectivity index (χ1v) is 6.84. The van der Waals surface area contributed by atoms with Crippen molar-refractivity contribution in [2.45, 2.75) is 13.8 Å². The molecule has 1 aromatic carbocycles. The fraction of sp³-hybridized carbons (Fsp3) is 0.400. The van der Waals surface area contributed by atoms with Gasteiger partial charge < -0.3 is 15.4 Å². The molecule has 108 valence electrons. The first-order valence-electron chi connectivity index (χ1n) is 6.84. The molecule has 0 aliphatic rings. The van der Waals surface area contributed by atoms with Crippen molar-refractivity contribution in [3.63, 3.8) is 0 Å². The molecule has 1 aromatic heterocycles. The maximum absolute atomic E-state index is 14.3. The highest BCUT2D eigenvalue weighted by molar-refractivity contribution is 5.98. The number of ether oxygens (including phenoxy) is 1. The second-order valence-electron chi connectivity index (χ2n) is 4.47. The summed E-state index contributed by atoms with van der Waals surface area (Å²) in [6, 6.07) is 5.02. The molecule has 0 fully saturated rings. The van der Waals surface area contributed by atoms with Crippen LogP contribution in [0.2, 0.25) is 0 Å². The SMILES string of the molecule is CCOCCN(CC)c1c(F)cc(N)c2cccnc12. The van der Waals surface area contributed by atoms with E-state index in [-0.39, 0.29) is 5.82 Å². The van der Waals surface area contributed by atoms with Gasteiger partial charge in [-0.1, -0.05) is 0 Å². The highest BCUT2D eigenvalue weighted by Gasteiger charge is 2.17. The van der Waals surface area contributed by atoms with Crippen LogP contribution >= 0.6 is 0 Å². The molecular weight excluding hydrogens is 257 g/mol. The largest absolute Gasteiger partial charge is 0.398 e. The highest BCUT2D eigenvalue weighted by atomic mass is 19.1. The minimum absolute atomic E-state index is 0.341. The van der Waals surface area contributed by atoms with Crippen molar-refractivity contribution >= 4 is 22.3 Å². The van der Waals surface area contributed by atoms with Gasteiger partial charge in [0.15, 0.2) is 5.82 Å². The van der Waals surface area contributed by atoms with Crippen LogP contribution in [0.3, 0.4) is 0 Å². The Balaban J connectivity index is 2.46. The van der Waals surface area contributed by atoms with Crippen LogP contribution in [0, 0.1) is 5.82 Å². The zero-order valence-corrected chi connectivity index (χ0v) is 11.9. The van der Waals surface area contributed by atoms with Crippen molar-refractivity contribution in [2.24, 2.45) is 0 Å². The number of fused-ring (bicyclic) bond motifs is 1. The van der Waals surface area contributed by atoms with E-state index in [1.165, 1.54) is 6.07 Å². The summed E-state index contributed by atoms with van der Waals surface area (Å²) < 4.78 is 19.7. The Bertz CT molecular complexity index is 589. The molecule has 0 saturated carbocycles. The fourth-order valence-corrected chi connectivity index (χ4v) is 2.27. The van der Waals surface area contributed by atoms with Gasteiger partial charge in [0.1, 0.15) is 0 Å². The van der Waals surface area contributed by atoms with E-state index in [4.69, 9.17) is 10.5 Å². The van der Waals surface area contributed by atoms with Gasteiger partial charge in [-0.3, -0.25) is 4.98 Å². The van der Waals surface area contributed by atoms with Crippen molar-refractivity contribution in [2.75, 3.05) is 36.9 Å². The van der Waals surface area contributed by atoms with E-state index in [2.05, 4.69) is 4.98 Å². The molecule has 2 rings (SSSR count). The molecule has 0 spiro atoms. The number of halogens is 1. The Morgan fingerprint density at radius 3 is 2.90 bits per heavy atom. The number of rotatable bonds is 6. The van der Waals surface area contributed by atoms with Crippen LogP contribution in [0.5, 0.6) is 0 Å². The second kappa shape index (κ2) is 6.52. The Hall–Kier alpha value is -1.88. The van der Waals surface area contributed by atoms with Crippen LogP contribution in [0.15, 0.2) is 24.4 Å². The van der Waals surface area contributed by atoms with Crippen molar-refractivity contribution in [1.82, 2.24) is 4.98 Å². The number of anilines is 2. The average Bonchev–Trinajstić information content (AvgIpc) is 2.45. The van der Waals surface area contributed by atoms with Crippen LogP contribution in [-0.4, -0.2) is 31.3 Å². The number of aromatic nitrogens is 1. The first-order chi connectivity index (χ1) is 9.69. The van der Waals surface area contributed by atoms with Crippen LogP contribution in [0.25, 0.3) is 10.9 Å². The monoisotopic (exact) mass is 277 g/mol. The number of nitrogens with zero attached hydrogens (tertiary/aromatic N) is 2. The lowest BCUT2D eigenvalue weighted by Crippen LogP contribution is -2.28. The van der Waals surface area contributed by atoms with Gasteiger partial charge in [-0.05, 0) is 32.0 Å². The van der Waals surface area contributed by atoms with Crippen LogP contribution in [0.1, 0.15) is 13.8 Å². The van der Waals surface area contributed by atoms with Gasteiger partial charge in [0, 0.05) is 37.0 Å². The van der Waals surface area contributed by atoms with E-state index in [0.717, 1.165) is 5.39 Å². The summed E-state index contributed by atoms with van der Waals surface area (Å²) in [5.41, 5.74) is 7.38. The number of hydrogen-bond donors (Lipinski definition) is 1. The maximum atomic E-state index is 14.3. The summed E-state index contributed by atoms with van der Waals surface area (Å²) in [7, 11) is 0. The highest BCUT2D eigenvalue weighted by Crippen LogP contribution is 2.32. The normalized spacial score (nSPS) is 10.9. The van der Waals surface area contributed by atoms with Gasteiger partial charge in [0.05, 0.1) is 17.8 Å². The maximum Gasteiger partial charge on any atom is 0.150 e. The van der Waals surface area contributed by atoms with Crippen LogP contribution < -0.4 is 10.6 Å². The molecule has 1 heterocycles. The summed E-state index contributed by atoms with van der Waals surface area (Å²) in [5.74, 6) is -0.341. The molecule has 0 amide bonds. The van der Waals surface area contributed by atoms with E-state index < -0.39 is 0 Å². The molecule has 0 aliphatic heterocycles. The summed E-state index contributed by atoms with van der Waals surface area (Å²) in [5, 5.41) is 0.777. The first kappa shape index (κ1) is 14.5. The molecule has 2 N–H and O–H groups in total.